The van der Waals surface area contributed by atoms with Crippen LogP contribution in [0, 0.1) is 6.92 Å². The summed E-state index contributed by atoms with van der Waals surface area (Å²) in [6.07, 6.45) is -1.47. The molecule has 1 aromatic heterocycles. The second kappa shape index (κ2) is 8.31. The second-order valence-corrected chi connectivity index (χ2v) is 4.59. The van der Waals surface area contributed by atoms with Crippen molar-refractivity contribution in [2.45, 2.75) is 33.5 Å². The average molecular weight is 324 g/mol. The summed E-state index contributed by atoms with van der Waals surface area (Å²) in [7, 11) is 0. The molecule has 0 unspecified atom stereocenters. The fourth-order valence-corrected chi connectivity index (χ4v) is 1.91. The van der Waals surface area contributed by atoms with Gasteiger partial charge in [0.05, 0.1) is 11.1 Å². The van der Waals surface area contributed by atoms with Crippen molar-refractivity contribution in [2.24, 2.45) is 0 Å². The summed E-state index contributed by atoms with van der Waals surface area (Å²) in [5, 5.41) is 2.48. The van der Waals surface area contributed by atoms with E-state index in [1.165, 1.54) is 24.4 Å². The van der Waals surface area contributed by atoms with Gasteiger partial charge in [-0.15, -0.1) is 0 Å². The Kier molecular flexibility index (Phi) is 6.75. The van der Waals surface area contributed by atoms with Crippen LogP contribution < -0.4 is 5.32 Å². The number of halogens is 3. The predicted octanol–water partition coefficient (Wildman–Crippen LogP) is 4.37. The highest BCUT2D eigenvalue weighted by atomic mass is 19.4. The van der Waals surface area contributed by atoms with Crippen LogP contribution in [0.4, 0.5) is 13.2 Å². The standard InChI is InChI=1S/C15H13F3N2O.C2H6/c1-10-6-12(8-19-7-10)14(21)20-9-11-4-2-3-5-13(11)15(16,17)18;1-2/h2-8H,9H2,1H3,(H,20,21);1-2H3. The summed E-state index contributed by atoms with van der Waals surface area (Å²) in [4.78, 5) is 15.8. The lowest BCUT2D eigenvalue weighted by Gasteiger charge is -2.13. The summed E-state index contributed by atoms with van der Waals surface area (Å²) in [5.74, 6) is -0.455. The lowest BCUT2D eigenvalue weighted by atomic mass is 10.1. The number of carbonyl (C=O) groups excluding carboxylic acids is 1. The Hall–Kier alpha value is -2.37. The molecule has 0 spiro atoms. The summed E-state index contributed by atoms with van der Waals surface area (Å²) in [5.41, 5.74) is 0.407. The Morgan fingerprint density at radius 1 is 1.17 bits per heavy atom. The number of benzene rings is 1. The lowest BCUT2D eigenvalue weighted by molar-refractivity contribution is -0.138. The van der Waals surface area contributed by atoms with Crippen molar-refractivity contribution in [2.75, 3.05) is 0 Å². The third kappa shape index (κ3) is 5.39. The van der Waals surface area contributed by atoms with Crippen LogP contribution in [-0.2, 0) is 12.7 Å². The highest BCUT2D eigenvalue weighted by Crippen LogP contribution is 2.31. The maximum Gasteiger partial charge on any atom is 0.416 e. The molecule has 0 fully saturated rings. The van der Waals surface area contributed by atoms with Crippen molar-refractivity contribution in [3.05, 3.63) is 65.0 Å². The number of alkyl halides is 3. The minimum atomic E-state index is -4.44. The highest BCUT2D eigenvalue weighted by molar-refractivity contribution is 5.93. The largest absolute Gasteiger partial charge is 0.416 e. The summed E-state index contributed by atoms with van der Waals surface area (Å²) < 4.78 is 38.5. The molecule has 2 rings (SSSR count). The van der Waals surface area contributed by atoms with Crippen LogP contribution in [0.3, 0.4) is 0 Å². The Morgan fingerprint density at radius 2 is 1.83 bits per heavy atom. The molecule has 2 aromatic rings. The molecule has 23 heavy (non-hydrogen) atoms. The first-order chi connectivity index (χ1) is 10.9. The number of aromatic nitrogens is 1. The van der Waals surface area contributed by atoms with Gasteiger partial charge in [-0.25, -0.2) is 0 Å². The molecule has 0 aliphatic heterocycles. The van der Waals surface area contributed by atoms with Gasteiger partial charge in [0, 0.05) is 18.9 Å². The zero-order chi connectivity index (χ0) is 17.5. The van der Waals surface area contributed by atoms with Crippen molar-refractivity contribution in [3.63, 3.8) is 0 Å². The number of rotatable bonds is 3. The van der Waals surface area contributed by atoms with Gasteiger partial charge in [-0.3, -0.25) is 9.78 Å². The quantitative estimate of drug-likeness (QED) is 0.911. The van der Waals surface area contributed by atoms with Gasteiger partial charge in [-0.2, -0.15) is 13.2 Å². The fourth-order valence-electron chi connectivity index (χ4n) is 1.91. The fraction of sp³-hybridized carbons (Fsp3) is 0.294. The van der Waals surface area contributed by atoms with Crippen molar-refractivity contribution in [1.29, 1.82) is 0 Å². The molecule has 1 amide bonds. The molecule has 1 heterocycles. The van der Waals surface area contributed by atoms with Crippen LogP contribution in [0.1, 0.15) is 40.9 Å². The minimum Gasteiger partial charge on any atom is -0.348 e. The van der Waals surface area contributed by atoms with Gasteiger partial charge in [0.25, 0.3) is 5.91 Å². The molecule has 0 aliphatic carbocycles. The highest BCUT2D eigenvalue weighted by Gasteiger charge is 2.32. The maximum atomic E-state index is 12.8. The number of hydrogen-bond donors (Lipinski definition) is 1. The molecule has 124 valence electrons. The number of amides is 1. The summed E-state index contributed by atoms with van der Waals surface area (Å²) in [6, 6.07) is 6.79. The third-order valence-electron chi connectivity index (χ3n) is 2.90. The van der Waals surface area contributed by atoms with Crippen LogP contribution in [-0.4, -0.2) is 10.9 Å². The Bertz CT molecular complexity index is 654. The summed E-state index contributed by atoms with van der Waals surface area (Å²) >= 11 is 0. The smallest absolute Gasteiger partial charge is 0.348 e. The topological polar surface area (TPSA) is 42.0 Å². The molecule has 3 nitrogen and oxygen atoms in total. The van der Waals surface area contributed by atoms with Crippen LogP contribution in [0.5, 0.6) is 0 Å². The van der Waals surface area contributed by atoms with Gasteiger partial charge in [0.15, 0.2) is 0 Å². The van der Waals surface area contributed by atoms with E-state index in [4.69, 9.17) is 0 Å². The normalized spacial score (nSPS) is 10.5. The molecular weight excluding hydrogens is 305 g/mol. The Balaban J connectivity index is 0.00000127. The van der Waals surface area contributed by atoms with Gasteiger partial charge in [0.1, 0.15) is 0 Å². The maximum absolute atomic E-state index is 12.8. The molecular formula is C17H19F3N2O. The second-order valence-electron chi connectivity index (χ2n) is 4.59. The van der Waals surface area contributed by atoms with Gasteiger partial charge in [-0.05, 0) is 30.2 Å². The zero-order valence-corrected chi connectivity index (χ0v) is 13.2. The zero-order valence-electron chi connectivity index (χ0n) is 13.2. The van der Waals surface area contributed by atoms with Crippen LogP contribution in [0.2, 0.25) is 0 Å². The molecule has 0 radical (unpaired) electrons. The first-order valence-electron chi connectivity index (χ1n) is 7.23. The van der Waals surface area contributed by atoms with Crippen molar-refractivity contribution < 1.29 is 18.0 Å². The van der Waals surface area contributed by atoms with Gasteiger partial charge < -0.3 is 5.32 Å². The number of carbonyl (C=O) groups is 1. The van der Waals surface area contributed by atoms with Crippen molar-refractivity contribution in [1.82, 2.24) is 10.3 Å². The van der Waals surface area contributed by atoms with Crippen LogP contribution >= 0.6 is 0 Å². The molecule has 0 saturated heterocycles. The van der Waals surface area contributed by atoms with E-state index in [1.54, 1.807) is 19.2 Å². The number of pyridine rings is 1. The molecule has 6 heteroatoms. The van der Waals surface area contributed by atoms with Crippen molar-refractivity contribution in [3.8, 4) is 0 Å². The molecule has 0 bridgehead atoms. The molecule has 1 aromatic carbocycles. The van der Waals surface area contributed by atoms with E-state index >= 15 is 0 Å². The average Bonchev–Trinajstić information content (AvgIpc) is 2.54. The first kappa shape index (κ1) is 18.7. The monoisotopic (exact) mass is 324 g/mol. The molecule has 0 atom stereocenters. The summed E-state index contributed by atoms with van der Waals surface area (Å²) in [6.45, 7) is 5.59. The van der Waals surface area contributed by atoms with E-state index in [9.17, 15) is 18.0 Å². The van der Waals surface area contributed by atoms with Crippen LogP contribution in [0.15, 0.2) is 42.7 Å². The number of aryl methyl sites for hydroxylation is 1. The van der Waals surface area contributed by atoms with Gasteiger partial charge in [-0.1, -0.05) is 32.0 Å². The minimum absolute atomic E-state index is 0.0268. The Labute approximate surface area is 133 Å². The van der Waals surface area contributed by atoms with E-state index in [0.29, 0.717) is 5.56 Å². The predicted molar refractivity (Wildman–Crippen MR) is 82.9 cm³/mol. The van der Waals surface area contributed by atoms with E-state index in [-0.39, 0.29) is 12.1 Å². The van der Waals surface area contributed by atoms with E-state index in [1.807, 2.05) is 13.8 Å². The van der Waals surface area contributed by atoms with Gasteiger partial charge >= 0.3 is 6.18 Å². The lowest BCUT2D eigenvalue weighted by Crippen LogP contribution is -2.24. The first-order valence-corrected chi connectivity index (χ1v) is 7.23. The van der Waals surface area contributed by atoms with Crippen LogP contribution in [0.25, 0.3) is 0 Å². The molecule has 0 saturated carbocycles. The van der Waals surface area contributed by atoms with Gasteiger partial charge in [0.2, 0.25) is 0 Å². The molecule has 0 aliphatic rings. The van der Waals surface area contributed by atoms with E-state index in [2.05, 4.69) is 10.3 Å². The molecule has 1 N–H and O–H groups in total. The SMILES string of the molecule is CC.Cc1cncc(C(=O)NCc2ccccc2C(F)(F)F)c1. The van der Waals surface area contributed by atoms with Crippen molar-refractivity contribution >= 4 is 5.91 Å². The number of nitrogens with one attached hydrogen (secondary N) is 1. The number of hydrogen-bond acceptors (Lipinski definition) is 2. The van der Waals surface area contributed by atoms with E-state index < -0.39 is 17.6 Å². The number of nitrogens with zero attached hydrogens (tertiary/aromatic N) is 1. The Morgan fingerprint density at radius 3 is 2.43 bits per heavy atom. The van der Waals surface area contributed by atoms with E-state index in [0.717, 1.165) is 11.6 Å². The third-order valence-corrected chi connectivity index (χ3v) is 2.90.